The third-order valence-electron chi connectivity index (χ3n) is 3.58. The number of thiophene rings is 1. The molecular formula is C14H15FN2O2S. The van der Waals surface area contributed by atoms with Crippen molar-refractivity contribution >= 4 is 33.0 Å². The molecule has 2 heterocycles. The highest BCUT2D eigenvalue weighted by Crippen LogP contribution is 2.36. The topological polar surface area (TPSA) is 66.6 Å². The first kappa shape index (κ1) is 13.3. The molecule has 1 aliphatic rings. The molecule has 0 spiro atoms. The van der Waals surface area contributed by atoms with Gasteiger partial charge in [-0.1, -0.05) is 6.07 Å². The first-order valence-electron chi connectivity index (χ1n) is 6.51. The summed E-state index contributed by atoms with van der Waals surface area (Å²) in [6, 6.07) is 4.69. The molecule has 6 heteroatoms. The van der Waals surface area contributed by atoms with E-state index in [9.17, 15) is 14.3 Å². The van der Waals surface area contributed by atoms with Crippen molar-refractivity contribution in [1.29, 1.82) is 0 Å². The van der Waals surface area contributed by atoms with E-state index >= 15 is 0 Å². The number of hydrogen-bond donors (Lipinski definition) is 2. The van der Waals surface area contributed by atoms with Crippen LogP contribution in [0.1, 0.15) is 22.5 Å². The zero-order valence-corrected chi connectivity index (χ0v) is 11.6. The molecule has 1 fully saturated rings. The molecule has 106 valence electrons. The molecule has 1 aromatic heterocycles. The van der Waals surface area contributed by atoms with Gasteiger partial charge in [0, 0.05) is 17.8 Å². The summed E-state index contributed by atoms with van der Waals surface area (Å²) in [5, 5.41) is 9.96. The number of aliphatic hydroxyl groups excluding tert-OH is 1. The van der Waals surface area contributed by atoms with E-state index in [2.05, 4.69) is 0 Å². The van der Waals surface area contributed by atoms with Gasteiger partial charge < -0.3 is 15.7 Å². The van der Waals surface area contributed by atoms with Crippen LogP contribution < -0.4 is 5.73 Å². The maximum absolute atomic E-state index is 13.8. The van der Waals surface area contributed by atoms with Crippen LogP contribution in [-0.4, -0.2) is 35.1 Å². The Morgan fingerprint density at radius 2 is 2.30 bits per heavy atom. The standard InChI is InChI=1S/C14H15FN2O2S/c15-9-4-1-5-10-11(9)12(16)13(20-10)14(19)17-6-2-3-8(18)7-17/h1,4-5,8,18H,2-3,6-7,16H2. The number of aliphatic hydroxyl groups is 1. The number of carbonyl (C=O) groups is 1. The lowest BCUT2D eigenvalue weighted by atomic mass is 10.1. The van der Waals surface area contributed by atoms with Gasteiger partial charge in [0.15, 0.2) is 0 Å². The van der Waals surface area contributed by atoms with E-state index in [0.29, 0.717) is 34.5 Å². The van der Waals surface area contributed by atoms with Crippen LogP contribution in [0.3, 0.4) is 0 Å². The number of amides is 1. The lowest BCUT2D eigenvalue weighted by Crippen LogP contribution is -2.42. The summed E-state index contributed by atoms with van der Waals surface area (Å²) >= 11 is 1.20. The fraction of sp³-hybridized carbons (Fsp3) is 0.357. The molecule has 1 atom stereocenters. The second-order valence-corrected chi connectivity index (χ2v) is 6.06. The summed E-state index contributed by atoms with van der Waals surface area (Å²) in [6.07, 6.45) is 0.992. The maximum atomic E-state index is 13.8. The predicted molar refractivity (Wildman–Crippen MR) is 77.3 cm³/mol. The number of hydrogen-bond acceptors (Lipinski definition) is 4. The van der Waals surface area contributed by atoms with Gasteiger partial charge in [0.05, 0.1) is 17.2 Å². The number of benzene rings is 1. The molecule has 2 aromatic rings. The average molecular weight is 294 g/mol. The lowest BCUT2D eigenvalue weighted by Gasteiger charge is -2.29. The van der Waals surface area contributed by atoms with E-state index in [1.165, 1.54) is 17.4 Å². The van der Waals surface area contributed by atoms with Crippen LogP contribution in [0.2, 0.25) is 0 Å². The summed E-state index contributed by atoms with van der Waals surface area (Å²) in [4.78, 5) is 14.4. The summed E-state index contributed by atoms with van der Waals surface area (Å²) < 4.78 is 14.5. The van der Waals surface area contributed by atoms with Gasteiger partial charge in [-0.25, -0.2) is 4.39 Å². The van der Waals surface area contributed by atoms with Gasteiger partial charge in [0.2, 0.25) is 0 Å². The van der Waals surface area contributed by atoms with E-state index in [1.807, 2.05) is 0 Å². The number of nitrogen functional groups attached to an aromatic ring is 1. The largest absolute Gasteiger partial charge is 0.397 e. The Bertz CT molecular complexity index is 670. The van der Waals surface area contributed by atoms with Gasteiger partial charge in [-0.15, -0.1) is 11.3 Å². The summed E-state index contributed by atoms with van der Waals surface area (Å²) in [5.41, 5.74) is 6.14. The van der Waals surface area contributed by atoms with Crippen LogP contribution in [0.25, 0.3) is 10.1 Å². The number of likely N-dealkylation sites (tertiary alicyclic amines) is 1. The Kier molecular flexibility index (Phi) is 3.35. The van der Waals surface area contributed by atoms with Gasteiger partial charge in [0.1, 0.15) is 10.7 Å². The zero-order chi connectivity index (χ0) is 14.3. The van der Waals surface area contributed by atoms with Crippen molar-refractivity contribution in [2.45, 2.75) is 18.9 Å². The summed E-state index contributed by atoms with van der Waals surface area (Å²) in [6.45, 7) is 0.918. The molecular weight excluding hydrogens is 279 g/mol. The highest BCUT2D eigenvalue weighted by atomic mass is 32.1. The summed E-state index contributed by atoms with van der Waals surface area (Å²) in [5.74, 6) is -0.629. The molecule has 3 rings (SSSR count). The number of rotatable bonds is 1. The highest BCUT2D eigenvalue weighted by Gasteiger charge is 2.27. The Hall–Kier alpha value is -1.66. The molecule has 1 aromatic carbocycles. The predicted octanol–water partition coefficient (Wildman–Crippen LogP) is 2.22. The molecule has 20 heavy (non-hydrogen) atoms. The lowest BCUT2D eigenvalue weighted by molar-refractivity contribution is 0.0478. The summed E-state index contributed by atoms with van der Waals surface area (Å²) in [7, 11) is 0. The molecule has 1 aliphatic heterocycles. The van der Waals surface area contributed by atoms with Crippen LogP contribution >= 0.6 is 11.3 Å². The Labute approximate surface area is 119 Å². The van der Waals surface area contributed by atoms with Gasteiger partial charge >= 0.3 is 0 Å². The van der Waals surface area contributed by atoms with Crippen LogP contribution in [0.5, 0.6) is 0 Å². The normalized spacial score (nSPS) is 19.5. The molecule has 1 unspecified atom stereocenters. The minimum atomic E-state index is -0.486. The molecule has 1 saturated heterocycles. The van der Waals surface area contributed by atoms with E-state index < -0.39 is 11.9 Å². The molecule has 0 bridgehead atoms. The average Bonchev–Trinajstić information content (AvgIpc) is 2.76. The zero-order valence-electron chi connectivity index (χ0n) is 10.8. The number of nitrogens with two attached hydrogens (primary N) is 1. The Morgan fingerprint density at radius 1 is 1.50 bits per heavy atom. The van der Waals surface area contributed by atoms with Gasteiger partial charge in [0.25, 0.3) is 5.91 Å². The van der Waals surface area contributed by atoms with Crippen LogP contribution in [0.4, 0.5) is 10.1 Å². The van der Waals surface area contributed by atoms with Crippen molar-refractivity contribution in [2.75, 3.05) is 18.8 Å². The minimum absolute atomic E-state index is 0.202. The first-order valence-corrected chi connectivity index (χ1v) is 7.33. The first-order chi connectivity index (χ1) is 9.58. The number of anilines is 1. The second-order valence-electron chi connectivity index (χ2n) is 5.01. The third kappa shape index (κ3) is 2.14. The van der Waals surface area contributed by atoms with Crippen molar-refractivity contribution in [1.82, 2.24) is 4.90 Å². The van der Waals surface area contributed by atoms with Crippen LogP contribution in [-0.2, 0) is 0 Å². The van der Waals surface area contributed by atoms with Crippen LogP contribution in [0.15, 0.2) is 18.2 Å². The smallest absolute Gasteiger partial charge is 0.266 e. The molecule has 0 radical (unpaired) electrons. The number of fused-ring (bicyclic) bond motifs is 1. The minimum Gasteiger partial charge on any atom is -0.397 e. The van der Waals surface area contributed by atoms with Crippen molar-refractivity contribution < 1.29 is 14.3 Å². The molecule has 0 aliphatic carbocycles. The number of halogens is 1. The molecule has 4 nitrogen and oxygen atoms in total. The fourth-order valence-corrected chi connectivity index (χ4v) is 3.68. The number of piperidine rings is 1. The van der Waals surface area contributed by atoms with Crippen LogP contribution in [0, 0.1) is 5.82 Å². The quantitative estimate of drug-likeness (QED) is 0.847. The Morgan fingerprint density at radius 3 is 3.00 bits per heavy atom. The maximum Gasteiger partial charge on any atom is 0.266 e. The second kappa shape index (κ2) is 5.03. The fourth-order valence-electron chi connectivity index (χ4n) is 2.57. The van der Waals surface area contributed by atoms with Crippen molar-refractivity contribution in [3.63, 3.8) is 0 Å². The number of β-amino-alcohol motifs (C(OH)–C–C–N with tert-alkyl or cyclic N) is 1. The van der Waals surface area contributed by atoms with Gasteiger partial charge in [-0.2, -0.15) is 0 Å². The van der Waals surface area contributed by atoms with Crippen molar-refractivity contribution in [2.24, 2.45) is 0 Å². The third-order valence-corrected chi connectivity index (χ3v) is 4.74. The SMILES string of the molecule is Nc1c(C(=O)N2CCCC(O)C2)sc2cccc(F)c12. The number of nitrogens with zero attached hydrogens (tertiary/aromatic N) is 1. The van der Waals surface area contributed by atoms with E-state index in [0.717, 1.165) is 6.42 Å². The van der Waals surface area contributed by atoms with Crippen molar-refractivity contribution in [3.05, 3.63) is 28.9 Å². The van der Waals surface area contributed by atoms with E-state index in [4.69, 9.17) is 5.73 Å². The molecule has 0 saturated carbocycles. The van der Waals surface area contributed by atoms with E-state index in [-0.39, 0.29) is 11.6 Å². The van der Waals surface area contributed by atoms with Crippen molar-refractivity contribution in [3.8, 4) is 0 Å². The Balaban J connectivity index is 1.99. The monoisotopic (exact) mass is 294 g/mol. The molecule has 3 N–H and O–H groups in total. The highest BCUT2D eigenvalue weighted by molar-refractivity contribution is 7.21. The van der Waals surface area contributed by atoms with E-state index in [1.54, 1.807) is 17.0 Å². The number of carbonyl (C=O) groups excluding carboxylic acids is 1. The van der Waals surface area contributed by atoms with Gasteiger partial charge in [-0.3, -0.25) is 4.79 Å². The molecule has 1 amide bonds. The van der Waals surface area contributed by atoms with Gasteiger partial charge in [-0.05, 0) is 25.0 Å².